The van der Waals surface area contributed by atoms with Crippen LogP contribution in [0.2, 0.25) is 0 Å². The van der Waals surface area contributed by atoms with Crippen LogP contribution in [-0.4, -0.2) is 42.2 Å². The van der Waals surface area contributed by atoms with Gasteiger partial charge in [-0.25, -0.2) is 9.97 Å². The van der Waals surface area contributed by atoms with Crippen molar-refractivity contribution in [3.8, 4) is 28.8 Å². The van der Waals surface area contributed by atoms with E-state index in [2.05, 4.69) is 9.97 Å². The molecule has 0 unspecified atom stereocenters. The lowest BCUT2D eigenvalue weighted by atomic mass is 10.1. The molecule has 2 aromatic carbocycles. The van der Waals surface area contributed by atoms with Crippen molar-refractivity contribution in [3.05, 3.63) is 89.8 Å². The van der Waals surface area contributed by atoms with Gasteiger partial charge in [0.1, 0.15) is 17.3 Å². The summed E-state index contributed by atoms with van der Waals surface area (Å²) in [6.45, 7) is 2.57. The molecule has 0 aliphatic carbocycles. The lowest BCUT2D eigenvalue weighted by molar-refractivity contribution is -0.114. The average Bonchev–Trinajstić information content (AvgIpc) is 3.43. The minimum absolute atomic E-state index is 0.157. The van der Waals surface area contributed by atoms with Gasteiger partial charge in [0.2, 0.25) is 17.7 Å². The van der Waals surface area contributed by atoms with E-state index in [-0.39, 0.29) is 29.5 Å². The topological polar surface area (TPSA) is 107 Å². The Balaban J connectivity index is 1.82. The summed E-state index contributed by atoms with van der Waals surface area (Å²) in [4.78, 5) is 22.9. The number of ether oxygens (including phenoxy) is 3. The molecule has 202 valence electrons. The largest absolute Gasteiger partial charge is 0.505 e. The molecule has 2 heterocycles. The fourth-order valence-electron chi connectivity index (χ4n) is 3.90. The number of carbonyl (C=O) groups is 1. The molecule has 0 radical (unpaired) electrons. The van der Waals surface area contributed by atoms with Gasteiger partial charge in [0.05, 0.1) is 21.3 Å². The third-order valence-electron chi connectivity index (χ3n) is 6.04. The Hall–Kier alpha value is -4.79. The van der Waals surface area contributed by atoms with Crippen LogP contribution in [0.4, 0.5) is 5.88 Å². The first-order valence-corrected chi connectivity index (χ1v) is 12.4. The molecule has 9 heteroatoms. The molecule has 2 aromatic heterocycles. The first-order chi connectivity index (χ1) is 18.9. The van der Waals surface area contributed by atoms with Gasteiger partial charge in [-0.15, -0.1) is 0 Å². The zero-order chi connectivity index (χ0) is 27.8. The van der Waals surface area contributed by atoms with Gasteiger partial charge in [0.15, 0.2) is 11.5 Å². The Morgan fingerprint density at radius 1 is 0.923 bits per heavy atom. The van der Waals surface area contributed by atoms with Gasteiger partial charge in [-0.3, -0.25) is 4.79 Å². The van der Waals surface area contributed by atoms with Crippen LogP contribution in [0.15, 0.2) is 77.4 Å². The second-order valence-corrected chi connectivity index (χ2v) is 8.66. The molecule has 1 N–H and O–H groups in total. The Kier molecular flexibility index (Phi) is 8.83. The van der Waals surface area contributed by atoms with Crippen LogP contribution >= 0.6 is 0 Å². The first-order valence-electron chi connectivity index (χ1n) is 12.4. The predicted molar refractivity (Wildman–Crippen MR) is 148 cm³/mol. The van der Waals surface area contributed by atoms with Crippen molar-refractivity contribution < 1.29 is 28.5 Å². The van der Waals surface area contributed by atoms with Gasteiger partial charge >= 0.3 is 0 Å². The highest BCUT2D eigenvalue weighted by Crippen LogP contribution is 2.35. The van der Waals surface area contributed by atoms with E-state index in [4.69, 9.17) is 18.6 Å². The van der Waals surface area contributed by atoms with Crippen molar-refractivity contribution in [2.75, 3.05) is 26.2 Å². The van der Waals surface area contributed by atoms with Gasteiger partial charge in [-0.1, -0.05) is 31.2 Å². The summed E-state index contributed by atoms with van der Waals surface area (Å²) < 4.78 is 22.2. The zero-order valence-electron chi connectivity index (χ0n) is 22.4. The van der Waals surface area contributed by atoms with Crippen LogP contribution in [0.5, 0.6) is 17.4 Å². The molecular formula is C30H31N3O6. The number of hydrogen-bond acceptors (Lipinski definition) is 9. The maximum Gasteiger partial charge on any atom is 0.229 e. The van der Waals surface area contributed by atoms with E-state index in [0.29, 0.717) is 30.4 Å². The highest BCUT2D eigenvalue weighted by atomic mass is 16.5. The van der Waals surface area contributed by atoms with Crippen LogP contribution in [0.25, 0.3) is 17.2 Å². The van der Waals surface area contributed by atoms with E-state index < -0.39 is 0 Å². The molecule has 0 bridgehead atoms. The monoisotopic (exact) mass is 529 g/mol. The van der Waals surface area contributed by atoms with Gasteiger partial charge in [0, 0.05) is 43.4 Å². The van der Waals surface area contributed by atoms with E-state index in [1.165, 1.54) is 13.2 Å². The van der Waals surface area contributed by atoms with Crippen LogP contribution < -0.4 is 19.1 Å². The number of nitrogens with zero attached hydrogens (tertiary/aromatic N) is 3. The number of oxazole rings is 1. The number of anilines is 1. The smallest absolute Gasteiger partial charge is 0.229 e. The molecule has 39 heavy (non-hydrogen) atoms. The average molecular weight is 530 g/mol. The fraction of sp³-hybridized carbons (Fsp3) is 0.233. The first kappa shape index (κ1) is 27.3. The number of aliphatic hydroxyl groups is 1. The Morgan fingerprint density at radius 3 is 2.03 bits per heavy atom. The number of aromatic nitrogens is 2. The van der Waals surface area contributed by atoms with Gasteiger partial charge in [-0.05, 0) is 41.5 Å². The summed E-state index contributed by atoms with van der Waals surface area (Å²) in [6.07, 6.45) is 3.00. The van der Waals surface area contributed by atoms with Gasteiger partial charge in [0.25, 0.3) is 0 Å². The van der Waals surface area contributed by atoms with Crippen LogP contribution in [0, 0.1) is 0 Å². The second kappa shape index (κ2) is 12.6. The summed E-state index contributed by atoms with van der Waals surface area (Å²) in [5.41, 5.74) is 2.72. The minimum Gasteiger partial charge on any atom is -0.505 e. The van der Waals surface area contributed by atoms with E-state index in [9.17, 15) is 9.90 Å². The highest BCUT2D eigenvalue weighted by Gasteiger charge is 2.25. The maximum atomic E-state index is 12.2. The molecule has 0 aliphatic rings. The highest BCUT2D eigenvalue weighted by molar-refractivity contribution is 5.95. The standard InChI is InChI=1S/C30H31N3O6/c1-5-23(34)17-26(35)28-30(39-29(32-28)22-14-15-31-27(16-22)38-4)33(18-20-6-10-24(36-2)11-7-20)19-21-8-12-25(37-3)13-9-21/h6-17,35H,5,18-19H2,1-4H3/b26-17-. The van der Waals surface area contributed by atoms with Crippen LogP contribution in [0.3, 0.4) is 0 Å². The molecule has 0 fully saturated rings. The number of methoxy groups -OCH3 is 3. The zero-order valence-corrected chi connectivity index (χ0v) is 22.4. The summed E-state index contributed by atoms with van der Waals surface area (Å²) in [5, 5.41) is 11.0. The molecule has 0 amide bonds. The van der Waals surface area contributed by atoms with E-state index in [0.717, 1.165) is 22.6 Å². The quantitative estimate of drug-likeness (QED) is 0.179. The fourth-order valence-corrected chi connectivity index (χ4v) is 3.90. The molecular weight excluding hydrogens is 498 g/mol. The molecule has 0 spiro atoms. The lowest BCUT2D eigenvalue weighted by Crippen LogP contribution is -2.23. The van der Waals surface area contributed by atoms with Crippen molar-refractivity contribution >= 4 is 17.4 Å². The van der Waals surface area contributed by atoms with E-state index in [1.54, 1.807) is 39.5 Å². The molecule has 9 nitrogen and oxygen atoms in total. The summed E-state index contributed by atoms with van der Waals surface area (Å²) in [6, 6.07) is 18.8. The number of carbonyl (C=O) groups excluding carboxylic acids is 1. The number of hydrogen-bond donors (Lipinski definition) is 1. The van der Waals surface area contributed by atoms with Crippen molar-refractivity contribution in [3.63, 3.8) is 0 Å². The SMILES string of the molecule is CCC(=O)/C=C(\O)c1nc(-c2ccnc(OC)c2)oc1N(Cc1ccc(OC)cc1)Cc1ccc(OC)cc1. The summed E-state index contributed by atoms with van der Waals surface area (Å²) in [7, 11) is 4.76. The van der Waals surface area contributed by atoms with Crippen LogP contribution in [0.1, 0.15) is 30.2 Å². The minimum atomic E-state index is -0.276. The van der Waals surface area contributed by atoms with Crippen LogP contribution in [-0.2, 0) is 17.9 Å². The van der Waals surface area contributed by atoms with Crippen molar-refractivity contribution in [1.29, 1.82) is 0 Å². The molecule has 0 atom stereocenters. The number of pyridine rings is 1. The van der Waals surface area contributed by atoms with Gasteiger partial charge in [-0.2, -0.15) is 0 Å². The maximum absolute atomic E-state index is 12.2. The summed E-state index contributed by atoms with van der Waals surface area (Å²) in [5.74, 6) is 1.93. The summed E-state index contributed by atoms with van der Waals surface area (Å²) >= 11 is 0. The van der Waals surface area contributed by atoms with E-state index in [1.807, 2.05) is 53.4 Å². The molecule has 4 aromatic rings. The number of rotatable bonds is 12. The van der Waals surface area contributed by atoms with Crippen molar-refractivity contribution in [1.82, 2.24) is 9.97 Å². The number of benzene rings is 2. The third kappa shape index (κ3) is 6.75. The van der Waals surface area contributed by atoms with Crippen molar-refractivity contribution in [2.45, 2.75) is 26.4 Å². The van der Waals surface area contributed by atoms with Gasteiger partial charge < -0.3 is 28.6 Å². The molecule has 0 aliphatic heterocycles. The Morgan fingerprint density at radius 2 is 1.51 bits per heavy atom. The molecule has 0 saturated carbocycles. The third-order valence-corrected chi connectivity index (χ3v) is 6.04. The number of allylic oxidation sites excluding steroid dienone is 1. The molecule has 0 saturated heterocycles. The van der Waals surface area contributed by atoms with Crippen molar-refractivity contribution in [2.24, 2.45) is 0 Å². The van der Waals surface area contributed by atoms with E-state index >= 15 is 0 Å². The number of ketones is 1. The second-order valence-electron chi connectivity index (χ2n) is 8.66. The lowest BCUT2D eigenvalue weighted by Gasteiger charge is -2.23. The number of aliphatic hydroxyl groups excluding tert-OH is 1. The normalized spacial score (nSPS) is 11.2. The molecule has 4 rings (SSSR count). The predicted octanol–water partition coefficient (Wildman–Crippen LogP) is 5.85. The Bertz CT molecular complexity index is 1380. The Labute approximate surface area is 227 Å².